The van der Waals surface area contributed by atoms with E-state index in [0.717, 1.165) is 0 Å². The Morgan fingerprint density at radius 1 is 1.23 bits per heavy atom. The minimum Gasteiger partial charge on any atom is -0.496 e. The van der Waals surface area contributed by atoms with E-state index in [2.05, 4.69) is 15.5 Å². The molecular weight excluding hydrogens is 361 g/mol. The van der Waals surface area contributed by atoms with Crippen molar-refractivity contribution in [2.75, 3.05) is 13.7 Å². The summed E-state index contributed by atoms with van der Waals surface area (Å²) in [6.45, 7) is 0.192. The van der Waals surface area contributed by atoms with Gasteiger partial charge in [0, 0.05) is 13.0 Å². The number of carbonyl (C=O) groups is 1. The number of aromatic nitrogens is 2. The molecule has 0 saturated heterocycles. The Morgan fingerprint density at radius 2 is 2.04 bits per heavy atom. The van der Waals surface area contributed by atoms with Crippen molar-refractivity contribution in [2.24, 2.45) is 0 Å². The summed E-state index contributed by atoms with van der Waals surface area (Å²) in [5.41, 5.74) is 0.491. The SMILES string of the molecule is COc1ccccc1-c1nnc(CCNC(=O)c2c(F)cccc2Cl)o1. The summed E-state index contributed by atoms with van der Waals surface area (Å²) in [5, 5.41) is 10.6. The molecule has 8 heteroatoms. The van der Waals surface area contributed by atoms with Crippen molar-refractivity contribution in [2.45, 2.75) is 6.42 Å². The largest absolute Gasteiger partial charge is 0.496 e. The first kappa shape index (κ1) is 17.9. The van der Waals surface area contributed by atoms with Crippen LogP contribution in [-0.4, -0.2) is 29.8 Å². The molecule has 0 atom stereocenters. The second kappa shape index (κ2) is 7.97. The third-order valence-electron chi connectivity index (χ3n) is 3.62. The number of methoxy groups -OCH3 is 1. The highest BCUT2D eigenvalue weighted by molar-refractivity contribution is 6.33. The highest BCUT2D eigenvalue weighted by Gasteiger charge is 2.16. The first-order valence-electron chi connectivity index (χ1n) is 7.78. The van der Waals surface area contributed by atoms with Crippen molar-refractivity contribution >= 4 is 17.5 Å². The predicted octanol–water partition coefficient (Wildman–Crippen LogP) is 3.51. The standard InChI is InChI=1S/C18H15ClFN3O3/c1-25-14-8-3-2-5-11(14)18-23-22-15(26-18)9-10-21-17(24)16-12(19)6-4-7-13(16)20/h2-8H,9-10H2,1H3,(H,21,24). The maximum absolute atomic E-state index is 13.7. The maximum Gasteiger partial charge on any atom is 0.255 e. The number of hydrogen-bond donors (Lipinski definition) is 1. The quantitative estimate of drug-likeness (QED) is 0.713. The summed E-state index contributed by atoms with van der Waals surface area (Å²) in [5.74, 6) is 0.000718. The average Bonchev–Trinajstić information content (AvgIpc) is 3.10. The molecule has 0 aliphatic carbocycles. The Morgan fingerprint density at radius 3 is 2.81 bits per heavy atom. The van der Waals surface area contributed by atoms with E-state index in [4.69, 9.17) is 20.8 Å². The van der Waals surface area contributed by atoms with Gasteiger partial charge in [0.05, 0.1) is 23.3 Å². The lowest BCUT2D eigenvalue weighted by atomic mass is 10.2. The van der Waals surface area contributed by atoms with Crippen molar-refractivity contribution in [3.8, 4) is 17.2 Å². The van der Waals surface area contributed by atoms with E-state index in [0.29, 0.717) is 29.5 Å². The summed E-state index contributed by atoms with van der Waals surface area (Å²) in [6.07, 6.45) is 0.292. The third-order valence-corrected chi connectivity index (χ3v) is 3.93. The average molecular weight is 376 g/mol. The first-order valence-corrected chi connectivity index (χ1v) is 8.16. The van der Waals surface area contributed by atoms with Gasteiger partial charge < -0.3 is 14.5 Å². The van der Waals surface area contributed by atoms with Crippen LogP contribution in [0.1, 0.15) is 16.2 Å². The van der Waals surface area contributed by atoms with Gasteiger partial charge in [-0.15, -0.1) is 10.2 Å². The number of halogens is 2. The molecule has 2 aromatic carbocycles. The number of rotatable bonds is 6. The van der Waals surface area contributed by atoms with Crippen LogP contribution in [0.15, 0.2) is 46.9 Å². The smallest absolute Gasteiger partial charge is 0.255 e. The van der Waals surface area contributed by atoms with E-state index < -0.39 is 11.7 Å². The topological polar surface area (TPSA) is 77.3 Å². The van der Waals surface area contributed by atoms with Crippen LogP contribution in [0.25, 0.3) is 11.5 Å². The van der Waals surface area contributed by atoms with Crippen molar-refractivity contribution in [3.05, 3.63) is 64.8 Å². The van der Waals surface area contributed by atoms with Crippen molar-refractivity contribution in [1.82, 2.24) is 15.5 Å². The Kier molecular flexibility index (Phi) is 5.48. The summed E-state index contributed by atoms with van der Waals surface area (Å²) in [4.78, 5) is 12.1. The van der Waals surface area contributed by atoms with Crippen molar-refractivity contribution in [3.63, 3.8) is 0 Å². The van der Waals surface area contributed by atoms with E-state index in [9.17, 15) is 9.18 Å². The van der Waals surface area contributed by atoms with E-state index in [1.165, 1.54) is 18.2 Å². The molecule has 6 nitrogen and oxygen atoms in total. The molecule has 3 rings (SSSR count). The molecule has 1 N–H and O–H groups in total. The summed E-state index contributed by atoms with van der Waals surface area (Å²) < 4.78 is 24.6. The van der Waals surface area contributed by atoms with Crippen LogP contribution >= 0.6 is 11.6 Å². The number of nitrogens with one attached hydrogen (secondary N) is 1. The molecule has 0 radical (unpaired) electrons. The van der Waals surface area contributed by atoms with Crippen molar-refractivity contribution < 1.29 is 18.3 Å². The Hall–Kier alpha value is -2.93. The predicted molar refractivity (Wildman–Crippen MR) is 93.7 cm³/mol. The summed E-state index contributed by atoms with van der Waals surface area (Å²) in [6, 6.07) is 11.3. The van der Waals surface area contributed by atoms with Gasteiger partial charge >= 0.3 is 0 Å². The van der Waals surface area contributed by atoms with Gasteiger partial charge in [-0.1, -0.05) is 29.8 Å². The number of para-hydroxylation sites is 1. The highest BCUT2D eigenvalue weighted by atomic mass is 35.5. The van der Waals surface area contributed by atoms with Gasteiger partial charge in [0.15, 0.2) is 0 Å². The number of amides is 1. The monoisotopic (exact) mass is 375 g/mol. The Balaban J connectivity index is 1.63. The Bertz CT molecular complexity index is 909. The molecule has 0 aliphatic rings. The molecule has 134 valence electrons. The van der Waals surface area contributed by atoms with Gasteiger partial charge in [-0.3, -0.25) is 4.79 Å². The number of nitrogens with zero attached hydrogens (tertiary/aromatic N) is 2. The molecule has 0 fully saturated rings. The molecular formula is C18H15ClFN3O3. The lowest BCUT2D eigenvalue weighted by molar-refractivity contribution is 0.0950. The van der Waals surface area contributed by atoms with Crippen LogP contribution in [0.4, 0.5) is 4.39 Å². The zero-order valence-corrected chi connectivity index (χ0v) is 14.6. The molecule has 26 heavy (non-hydrogen) atoms. The number of benzene rings is 2. The van der Waals surface area contributed by atoms with Crippen molar-refractivity contribution in [1.29, 1.82) is 0 Å². The lowest BCUT2D eigenvalue weighted by Crippen LogP contribution is -2.27. The van der Waals surface area contributed by atoms with Crippen LogP contribution in [0.3, 0.4) is 0 Å². The molecule has 0 unspecified atom stereocenters. The van der Waals surface area contributed by atoms with Crippen LogP contribution in [-0.2, 0) is 6.42 Å². The minimum atomic E-state index is -0.675. The molecule has 0 bridgehead atoms. The van der Waals surface area contributed by atoms with Gasteiger partial charge in [0.1, 0.15) is 11.6 Å². The number of ether oxygens (including phenoxy) is 1. The number of carbonyl (C=O) groups excluding carboxylic acids is 1. The maximum atomic E-state index is 13.7. The van der Waals surface area contributed by atoms with Crippen LogP contribution < -0.4 is 10.1 Å². The van der Waals surface area contributed by atoms with E-state index in [1.54, 1.807) is 19.2 Å². The van der Waals surface area contributed by atoms with Crippen LogP contribution in [0, 0.1) is 5.82 Å². The van der Waals surface area contributed by atoms with E-state index >= 15 is 0 Å². The lowest BCUT2D eigenvalue weighted by Gasteiger charge is -2.06. The zero-order chi connectivity index (χ0) is 18.5. The van der Waals surface area contributed by atoms with Gasteiger partial charge in [-0.2, -0.15) is 0 Å². The normalized spacial score (nSPS) is 10.6. The minimum absolute atomic E-state index is 0.0544. The third kappa shape index (κ3) is 3.83. The second-order valence-electron chi connectivity index (χ2n) is 5.30. The second-order valence-corrected chi connectivity index (χ2v) is 5.71. The number of hydrogen-bond acceptors (Lipinski definition) is 5. The fourth-order valence-electron chi connectivity index (χ4n) is 2.37. The molecule has 1 amide bonds. The Labute approximate surface area is 154 Å². The van der Waals surface area contributed by atoms with Crippen LogP contribution in [0.5, 0.6) is 5.75 Å². The van der Waals surface area contributed by atoms with Gasteiger partial charge in [0.25, 0.3) is 11.8 Å². The van der Waals surface area contributed by atoms with Gasteiger partial charge in [0.2, 0.25) is 5.89 Å². The molecule has 1 heterocycles. The fraction of sp³-hybridized carbons (Fsp3) is 0.167. The van der Waals surface area contributed by atoms with Crippen LogP contribution in [0.2, 0.25) is 5.02 Å². The molecule has 0 spiro atoms. The first-order chi connectivity index (χ1) is 12.6. The highest BCUT2D eigenvalue weighted by Crippen LogP contribution is 2.28. The van der Waals surface area contributed by atoms with E-state index in [-0.39, 0.29) is 17.1 Å². The fourth-order valence-corrected chi connectivity index (χ4v) is 2.62. The zero-order valence-electron chi connectivity index (χ0n) is 13.8. The molecule has 0 aliphatic heterocycles. The summed E-state index contributed by atoms with van der Waals surface area (Å²) >= 11 is 5.87. The van der Waals surface area contributed by atoms with Gasteiger partial charge in [-0.25, -0.2) is 4.39 Å². The van der Waals surface area contributed by atoms with Gasteiger partial charge in [-0.05, 0) is 24.3 Å². The molecule has 1 aromatic heterocycles. The van der Waals surface area contributed by atoms with E-state index in [1.807, 2.05) is 12.1 Å². The molecule has 3 aromatic rings. The molecule has 0 saturated carbocycles. The summed E-state index contributed by atoms with van der Waals surface area (Å²) in [7, 11) is 1.56.